The highest BCUT2D eigenvalue weighted by molar-refractivity contribution is 6.33. The van der Waals surface area contributed by atoms with E-state index in [9.17, 15) is 14.9 Å². The number of furan rings is 1. The molecule has 2 aromatic carbocycles. The topological polar surface area (TPSA) is 89.0 Å². The SMILES string of the molecule is CC1=NN(c2ccc(C)c(C)c2)C(=O)/C1=C\c1ccc(-c2cc([N+](=O)[O-])ccc2Cl)o1. The second kappa shape index (κ2) is 7.85. The number of halogens is 1. The smallest absolute Gasteiger partial charge is 0.280 e. The molecule has 0 N–H and O–H groups in total. The molecule has 2 heterocycles. The molecule has 1 amide bonds. The number of hydrogen-bond donors (Lipinski definition) is 0. The second-order valence-electron chi connectivity index (χ2n) is 7.25. The molecular weight excluding hydrogens is 418 g/mol. The Hall–Kier alpha value is -3.71. The van der Waals surface area contributed by atoms with Gasteiger partial charge in [0.2, 0.25) is 0 Å². The Bertz CT molecular complexity index is 1290. The van der Waals surface area contributed by atoms with E-state index in [2.05, 4.69) is 5.10 Å². The lowest BCUT2D eigenvalue weighted by Crippen LogP contribution is -2.21. The van der Waals surface area contributed by atoms with Crippen molar-refractivity contribution in [2.45, 2.75) is 20.8 Å². The third-order valence-electron chi connectivity index (χ3n) is 5.14. The van der Waals surface area contributed by atoms with Gasteiger partial charge in [-0.05, 0) is 68.3 Å². The standard InChI is InChI=1S/C23H18ClN3O4/c1-13-4-5-16(10-14(13)2)26-23(28)19(15(3)25-26)12-18-7-9-22(31-18)20-11-17(27(29)30)6-8-21(20)24/h4-12H,1-3H3/b19-12-. The number of nitro groups is 1. The zero-order valence-electron chi connectivity index (χ0n) is 17.0. The van der Waals surface area contributed by atoms with E-state index in [0.29, 0.717) is 39.1 Å². The summed E-state index contributed by atoms with van der Waals surface area (Å²) in [6, 6.07) is 13.2. The second-order valence-corrected chi connectivity index (χ2v) is 7.66. The maximum atomic E-state index is 13.0. The number of nitro benzene ring substituents is 1. The van der Waals surface area contributed by atoms with E-state index >= 15 is 0 Å². The molecule has 0 aliphatic carbocycles. The molecule has 31 heavy (non-hydrogen) atoms. The van der Waals surface area contributed by atoms with Gasteiger partial charge in [0.25, 0.3) is 11.6 Å². The summed E-state index contributed by atoms with van der Waals surface area (Å²) in [5.74, 6) is 0.524. The van der Waals surface area contributed by atoms with Crippen LogP contribution in [0, 0.1) is 24.0 Å². The van der Waals surface area contributed by atoms with Crippen LogP contribution >= 0.6 is 11.6 Å². The van der Waals surface area contributed by atoms with Crippen molar-refractivity contribution in [1.29, 1.82) is 0 Å². The molecule has 7 nitrogen and oxygen atoms in total. The van der Waals surface area contributed by atoms with Crippen LogP contribution in [0.15, 0.2) is 63.6 Å². The van der Waals surface area contributed by atoms with Gasteiger partial charge in [-0.25, -0.2) is 0 Å². The van der Waals surface area contributed by atoms with Crippen molar-refractivity contribution >= 4 is 40.7 Å². The lowest BCUT2D eigenvalue weighted by atomic mass is 10.1. The van der Waals surface area contributed by atoms with Crippen LogP contribution in [0.5, 0.6) is 0 Å². The summed E-state index contributed by atoms with van der Waals surface area (Å²) < 4.78 is 5.81. The Kier molecular flexibility index (Phi) is 5.20. The van der Waals surface area contributed by atoms with Crippen molar-refractivity contribution < 1.29 is 14.1 Å². The fraction of sp³-hybridized carbons (Fsp3) is 0.130. The zero-order valence-corrected chi connectivity index (χ0v) is 17.8. The fourth-order valence-electron chi connectivity index (χ4n) is 3.25. The van der Waals surface area contributed by atoms with E-state index in [0.717, 1.165) is 11.1 Å². The Morgan fingerprint density at radius 3 is 2.55 bits per heavy atom. The Balaban J connectivity index is 1.65. The highest BCUT2D eigenvalue weighted by Gasteiger charge is 2.29. The van der Waals surface area contributed by atoms with E-state index in [-0.39, 0.29) is 11.6 Å². The Labute approximate surface area is 183 Å². The minimum atomic E-state index is -0.496. The van der Waals surface area contributed by atoms with Gasteiger partial charge < -0.3 is 4.42 Å². The molecule has 0 saturated carbocycles. The fourth-order valence-corrected chi connectivity index (χ4v) is 3.46. The number of aryl methyl sites for hydroxylation is 2. The third-order valence-corrected chi connectivity index (χ3v) is 5.47. The van der Waals surface area contributed by atoms with Crippen molar-refractivity contribution in [3.63, 3.8) is 0 Å². The molecule has 0 radical (unpaired) electrons. The number of nitrogens with zero attached hydrogens (tertiary/aromatic N) is 3. The van der Waals surface area contributed by atoms with E-state index in [1.54, 1.807) is 25.1 Å². The predicted octanol–water partition coefficient (Wildman–Crippen LogP) is 5.93. The van der Waals surface area contributed by atoms with E-state index in [1.807, 2.05) is 32.0 Å². The van der Waals surface area contributed by atoms with E-state index in [1.165, 1.54) is 23.2 Å². The quantitative estimate of drug-likeness (QED) is 0.288. The lowest BCUT2D eigenvalue weighted by Gasteiger charge is -2.13. The first kappa shape index (κ1) is 20.6. The van der Waals surface area contributed by atoms with Crippen LogP contribution in [0.3, 0.4) is 0 Å². The Morgan fingerprint density at radius 2 is 1.84 bits per heavy atom. The molecule has 4 rings (SSSR count). The largest absolute Gasteiger partial charge is 0.457 e. The summed E-state index contributed by atoms with van der Waals surface area (Å²) in [4.78, 5) is 23.5. The van der Waals surface area contributed by atoms with E-state index in [4.69, 9.17) is 16.0 Å². The molecule has 0 atom stereocenters. The van der Waals surface area contributed by atoms with Crippen LogP contribution in [0.2, 0.25) is 5.02 Å². The molecule has 1 aromatic heterocycles. The van der Waals surface area contributed by atoms with E-state index < -0.39 is 4.92 Å². The first-order chi connectivity index (χ1) is 14.7. The van der Waals surface area contributed by atoms with Crippen LogP contribution in [0.25, 0.3) is 17.4 Å². The zero-order chi connectivity index (χ0) is 22.3. The van der Waals surface area contributed by atoms with Crippen molar-refractivity contribution in [3.05, 3.63) is 86.1 Å². The van der Waals surface area contributed by atoms with Crippen molar-refractivity contribution in [2.75, 3.05) is 5.01 Å². The van der Waals surface area contributed by atoms with Gasteiger partial charge in [0.05, 0.1) is 26.9 Å². The van der Waals surface area contributed by atoms with Gasteiger partial charge in [0, 0.05) is 17.7 Å². The van der Waals surface area contributed by atoms with Crippen LogP contribution in [0.1, 0.15) is 23.8 Å². The van der Waals surface area contributed by atoms with Gasteiger partial charge in [0.1, 0.15) is 11.5 Å². The monoisotopic (exact) mass is 435 g/mol. The van der Waals surface area contributed by atoms with Crippen molar-refractivity contribution in [3.8, 4) is 11.3 Å². The average Bonchev–Trinajstić information content (AvgIpc) is 3.30. The van der Waals surface area contributed by atoms with Crippen LogP contribution < -0.4 is 5.01 Å². The van der Waals surface area contributed by atoms with Gasteiger partial charge in [-0.15, -0.1) is 0 Å². The minimum absolute atomic E-state index is 0.0892. The van der Waals surface area contributed by atoms with Crippen molar-refractivity contribution in [1.82, 2.24) is 0 Å². The molecule has 0 unspecified atom stereocenters. The number of carbonyl (C=O) groups excluding carboxylic acids is 1. The average molecular weight is 436 g/mol. The minimum Gasteiger partial charge on any atom is -0.457 e. The summed E-state index contributed by atoms with van der Waals surface area (Å²) in [7, 11) is 0. The van der Waals surface area contributed by atoms with Gasteiger partial charge in [-0.1, -0.05) is 17.7 Å². The normalized spacial score (nSPS) is 15.0. The number of hydrogen-bond acceptors (Lipinski definition) is 5. The summed E-state index contributed by atoms with van der Waals surface area (Å²) >= 11 is 6.19. The summed E-state index contributed by atoms with van der Waals surface area (Å²) in [5, 5.41) is 17.1. The molecular formula is C23H18ClN3O4. The number of benzene rings is 2. The molecule has 1 aliphatic rings. The molecule has 1 aliphatic heterocycles. The summed E-state index contributed by atoms with van der Waals surface area (Å²) in [6.07, 6.45) is 1.61. The third kappa shape index (κ3) is 3.87. The van der Waals surface area contributed by atoms with Crippen molar-refractivity contribution in [2.24, 2.45) is 5.10 Å². The molecule has 3 aromatic rings. The Morgan fingerprint density at radius 1 is 1.06 bits per heavy atom. The highest BCUT2D eigenvalue weighted by atomic mass is 35.5. The molecule has 156 valence electrons. The van der Waals surface area contributed by atoms with Gasteiger partial charge >= 0.3 is 0 Å². The molecule has 8 heteroatoms. The van der Waals surface area contributed by atoms with Crippen LogP contribution in [0.4, 0.5) is 11.4 Å². The number of non-ortho nitro benzene ring substituents is 1. The van der Waals surface area contributed by atoms with Gasteiger partial charge in [-0.2, -0.15) is 10.1 Å². The van der Waals surface area contributed by atoms with Crippen LogP contribution in [-0.4, -0.2) is 16.5 Å². The molecule has 0 bridgehead atoms. The molecule has 0 fully saturated rings. The summed E-state index contributed by atoms with van der Waals surface area (Å²) in [5.41, 5.74) is 4.18. The first-order valence-electron chi connectivity index (χ1n) is 9.48. The van der Waals surface area contributed by atoms with Gasteiger partial charge in [-0.3, -0.25) is 14.9 Å². The number of amides is 1. The highest BCUT2D eigenvalue weighted by Crippen LogP contribution is 2.33. The first-order valence-corrected chi connectivity index (χ1v) is 9.85. The number of hydrazone groups is 1. The lowest BCUT2D eigenvalue weighted by molar-refractivity contribution is -0.384. The summed E-state index contributed by atoms with van der Waals surface area (Å²) in [6.45, 7) is 5.75. The molecule has 0 spiro atoms. The van der Waals surface area contributed by atoms with Crippen LogP contribution in [-0.2, 0) is 4.79 Å². The maximum Gasteiger partial charge on any atom is 0.280 e. The number of anilines is 1. The van der Waals surface area contributed by atoms with Gasteiger partial charge in [0.15, 0.2) is 0 Å². The number of carbonyl (C=O) groups is 1. The molecule has 0 saturated heterocycles. The predicted molar refractivity (Wildman–Crippen MR) is 120 cm³/mol. The number of rotatable bonds is 4. The maximum absolute atomic E-state index is 13.0.